The van der Waals surface area contributed by atoms with Gasteiger partial charge in [-0.15, -0.1) is 0 Å². The minimum absolute atomic E-state index is 0.511. The molecular formula is C13H18N2O2. The minimum atomic E-state index is 0.511. The SMILES string of the molecule is COc1ccc(CNCCC#N)c(OC)c1C. The molecule has 0 aliphatic heterocycles. The van der Waals surface area contributed by atoms with Gasteiger partial charge in [0.25, 0.3) is 0 Å². The first kappa shape index (κ1) is 13.3. The van der Waals surface area contributed by atoms with Crippen LogP contribution in [0.1, 0.15) is 17.5 Å². The van der Waals surface area contributed by atoms with Crippen LogP contribution in [-0.2, 0) is 6.54 Å². The minimum Gasteiger partial charge on any atom is -0.496 e. The molecule has 0 unspecified atom stereocenters. The van der Waals surface area contributed by atoms with Crippen molar-refractivity contribution in [3.8, 4) is 17.6 Å². The first-order valence-electron chi connectivity index (χ1n) is 5.52. The maximum Gasteiger partial charge on any atom is 0.129 e. The number of methoxy groups -OCH3 is 2. The highest BCUT2D eigenvalue weighted by atomic mass is 16.5. The van der Waals surface area contributed by atoms with E-state index >= 15 is 0 Å². The smallest absolute Gasteiger partial charge is 0.129 e. The van der Waals surface area contributed by atoms with Crippen molar-refractivity contribution in [3.05, 3.63) is 23.3 Å². The third kappa shape index (κ3) is 3.36. The highest BCUT2D eigenvalue weighted by Gasteiger charge is 2.10. The lowest BCUT2D eigenvalue weighted by Gasteiger charge is -2.14. The van der Waals surface area contributed by atoms with E-state index in [9.17, 15) is 0 Å². The van der Waals surface area contributed by atoms with Crippen LogP contribution in [0, 0.1) is 18.3 Å². The first-order valence-corrected chi connectivity index (χ1v) is 5.52. The molecule has 17 heavy (non-hydrogen) atoms. The third-order valence-corrected chi connectivity index (χ3v) is 2.59. The van der Waals surface area contributed by atoms with Gasteiger partial charge in [-0.05, 0) is 13.0 Å². The largest absolute Gasteiger partial charge is 0.496 e. The van der Waals surface area contributed by atoms with E-state index in [1.54, 1.807) is 14.2 Å². The van der Waals surface area contributed by atoms with E-state index in [4.69, 9.17) is 14.7 Å². The van der Waals surface area contributed by atoms with Gasteiger partial charge in [0.1, 0.15) is 11.5 Å². The molecule has 0 fully saturated rings. The summed E-state index contributed by atoms with van der Waals surface area (Å²) in [6.07, 6.45) is 0.511. The quantitative estimate of drug-likeness (QED) is 0.765. The molecule has 0 heterocycles. The van der Waals surface area contributed by atoms with Crippen molar-refractivity contribution in [1.82, 2.24) is 5.32 Å². The summed E-state index contributed by atoms with van der Waals surface area (Å²) in [7, 11) is 3.30. The van der Waals surface area contributed by atoms with Gasteiger partial charge in [-0.3, -0.25) is 0 Å². The van der Waals surface area contributed by atoms with Crippen LogP contribution >= 0.6 is 0 Å². The fourth-order valence-electron chi connectivity index (χ4n) is 1.74. The molecule has 4 nitrogen and oxygen atoms in total. The Labute approximate surface area is 102 Å². The van der Waals surface area contributed by atoms with Crippen molar-refractivity contribution in [2.75, 3.05) is 20.8 Å². The van der Waals surface area contributed by atoms with Gasteiger partial charge in [-0.2, -0.15) is 5.26 Å². The van der Waals surface area contributed by atoms with Gasteiger partial charge >= 0.3 is 0 Å². The Hall–Kier alpha value is -1.73. The first-order chi connectivity index (χ1) is 8.24. The molecule has 1 aromatic rings. The number of ether oxygens (including phenoxy) is 2. The molecule has 0 amide bonds. The van der Waals surface area contributed by atoms with Gasteiger partial charge in [-0.1, -0.05) is 6.07 Å². The van der Waals surface area contributed by atoms with E-state index < -0.39 is 0 Å². The summed E-state index contributed by atoms with van der Waals surface area (Å²) in [6, 6.07) is 6.00. The molecule has 0 spiro atoms. The zero-order valence-corrected chi connectivity index (χ0v) is 10.5. The Morgan fingerprint density at radius 3 is 2.65 bits per heavy atom. The van der Waals surface area contributed by atoms with Gasteiger partial charge < -0.3 is 14.8 Å². The van der Waals surface area contributed by atoms with Crippen molar-refractivity contribution in [2.45, 2.75) is 19.9 Å². The predicted octanol–water partition coefficient (Wildman–Crippen LogP) is 2.02. The second kappa shape index (κ2) is 6.77. The van der Waals surface area contributed by atoms with Crippen molar-refractivity contribution in [1.29, 1.82) is 5.26 Å². The van der Waals surface area contributed by atoms with Crippen LogP contribution in [-0.4, -0.2) is 20.8 Å². The average molecular weight is 234 g/mol. The molecule has 0 aliphatic carbocycles. The molecule has 0 aromatic heterocycles. The van der Waals surface area contributed by atoms with Crippen LogP contribution in [0.3, 0.4) is 0 Å². The number of nitrogens with one attached hydrogen (secondary N) is 1. The van der Waals surface area contributed by atoms with Crippen LogP contribution in [0.4, 0.5) is 0 Å². The topological polar surface area (TPSA) is 54.3 Å². The summed E-state index contributed by atoms with van der Waals surface area (Å²) in [5.74, 6) is 1.66. The normalized spacial score (nSPS) is 9.76. The van der Waals surface area contributed by atoms with Gasteiger partial charge in [0.2, 0.25) is 0 Å². The number of rotatable bonds is 6. The highest BCUT2D eigenvalue weighted by molar-refractivity contribution is 5.49. The van der Waals surface area contributed by atoms with E-state index in [0.717, 1.165) is 22.6 Å². The van der Waals surface area contributed by atoms with Gasteiger partial charge in [0.05, 0.1) is 20.3 Å². The Morgan fingerprint density at radius 1 is 1.29 bits per heavy atom. The molecule has 0 atom stereocenters. The molecule has 0 saturated heterocycles. The van der Waals surface area contributed by atoms with Gasteiger partial charge in [0.15, 0.2) is 0 Å². The molecule has 4 heteroatoms. The van der Waals surface area contributed by atoms with Crippen LogP contribution in [0.2, 0.25) is 0 Å². The Bertz CT molecular complexity index is 411. The van der Waals surface area contributed by atoms with E-state index in [0.29, 0.717) is 19.5 Å². The number of benzene rings is 1. The zero-order valence-electron chi connectivity index (χ0n) is 10.5. The molecule has 0 bridgehead atoms. The van der Waals surface area contributed by atoms with Crippen molar-refractivity contribution >= 4 is 0 Å². The van der Waals surface area contributed by atoms with Crippen LogP contribution in [0.25, 0.3) is 0 Å². The molecule has 1 aromatic carbocycles. The van der Waals surface area contributed by atoms with Crippen LogP contribution in [0.15, 0.2) is 12.1 Å². The molecular weight excluding hydrogens is 216 g/mol. The average Bonchev–Trinajstić information content (AvgIpc) is 2.35. The highest BCUT2D eigenvalue weighted by Crippen LogP contribution is 2.31. The standard InChI is InChI=1S/C13H18N2O2/c1-10-12(16-2)6-5-11(13(10)17-3)9-15-8-4-7-14/h5-6,15H,4,8-9H2,1-3H3. The van der Waals surface area contributed by atoms with E-state index in [2.05, 4.69) is 11.4 Å². The maximum absolute atomic E-state index is 8.45. The Kier molecular flexibility index (Phi) is 5.31. The number of nitriles is 1. The molecule has 1 rings (SSSR count). The summed E-state index contributed by atoms with van der Waals surface area (Å²) < 4.78 is 10.6. The summed E-state index contributed by atoms with van der Waals surface area (Å²) in [4.78, 5) is 0. The molecule has 0 saturated carbocycles. The van der Waals surface area contributed by atoms with Crippen molar-refractivity contribution in [3.63, 3.8) is 0 Å². The lowest BCUT2D eigenvalue weighted by atomic mass is 10.1. The summed E-state index contributed by atoms with van der Waals surface area (Å²) in [5, 5.41) is 11.6. The Morgan fingerprint density at radius 2 is 2.06 bits per heavy atom. The van der Waals surface area contributed by atoms with Crippen LogP contribution < -0.4 is 14.8 Å². The van der Waals surface area contributed by atoms with Crippen molar-refractivity contribution in [2.24, 2.45) is 0 Å². The number of hydrogen-bond donors (Lipinski definition) is 1. The Balaban J connectivity index is 2.78. The summed E-state index contributed by atoms with van der Waals surface area (Å²) in [5.41, 5.74) is 2.07. The van der Waals surface area contributed by atoms with Crippen molar-refractivity contribution < 1.29 is 9.47 Å². The molecule has 0 aliphatic rings. The summed E-state index contributed by atoms with van der Waals surface area (Å²) in [6.45, 7) is 3.34. The lowest BCUT2D eigenvalue weighted by molar-refractivity contribution is 0.384. The zero-order chi connectivity index (χ0) is 12.7. The molecule has 1 N–H and O–H groups in total. The second-order valence-corrected chi connectivity index (χ2v) is 3.67. The second-order valence-electron chi connectivity index (χ2n) is 3.67. The molecule has 0 radical (unpaired) electrons. The number of hydrogen-bond acceptors (Lipinski definition) is 4. The predicted molar refractivity (Wildman–Crippen MR) is 66.2 cm³/mol. The van der Waals surface area contributed by atoms with Gasteiger partial charge in [-0.25, -0.2) is 0 Å². The van der Waals surface area contributed by atoms with E-state index in [1.807, 2.05) is 19.1 Å². The van der Waals surface area contributed by atoms with Crippen LogP contribution in [0.5, 0.6) is 11.5 Å². The third-order valence-electron chi connectivity index (χ3n) is 2.59. The van der Waals surface area contributed by atoms with E-state index in [1.165, 1.54) is 0 Å². The maximum atomic E-state index is 8.45. The van der Waals surface area contributed by atoms with E-state index in [-0.39, 0.29) is 0 Å². The number of nitrogens with zero attached hydrogens (tertiary/aromatic N) is 1. The fraction of sp³-hybridized carbons (Fsp3) is 0.462. The molecule has 92 valence electrons. The van der Waals surface area contributed by atoms with Gasteiger partial charge in [0, 0.05) is 30.6 Å². The summed E-state index contributed by atoms with van der Waals surface area (Å²) >= 11 is 0. The fourth-order valence-corrected chi connectivity index (χ4v) is 1.74. The lowest BCUT2D eigenvalue weighted by Crippen LogP contribution is -2.15. The monoisotopic (exact) mass is 234 g/mol.